The van der Waals surface area contributed by atoms with E-state index < -0.39 is 16.0 Å². The van der Waals surface area contributed by atoms with Crippen molar-refractivity contribution in [1.82, 2.24) is 0 Å². The average molecular weight is 341 g/mol. The highest BCUT2D eigenvalue weighted by atomic mass is 32.2. The van der Waals surface area contributed by atoms with Crippen LogP contribution in [0.4, 0.5) is 11.4 Å². The number of ether oxygens (including phenoxy) is 1. The Morgan fingerprint density at radius 3 is 2.70 bits per heavy atom. The van der Waals surface area contributed by atoms with Gasteiger partial charge in [0, 0.05) is 18.9 Å². The van der Waals surface area contributed by atoms with E-state index in [0.717, 1.165) is 0 Å². The molecule has 4 N–H and O–H groups in total. The molecule has 1 aromatic rings. The van der Waals surface area contributed by atoms with Crippen LogP contribution in [-0.4, -0.2) is 39.2 Å². The largest absolute Gasteiger partial charge is 0.462 e. The summed E-state index contributed by atoms with van der Waals surface area (Å²) in [6, 6.07) is 4.51. The van der Waals surface area contributed by atoms with E-state index in [9.17, 15) is 18.0 Å². The Balaban J connectivity index is 2.19. The Hall–Kier alpha value is -2.13. The fourth-order valence-electron chi connectivity index (χ4n) is 2.60. The number of nitrogen functional groups attached to an aromatic ring is 1. The highest BCUT2D eigenvalue weighted by Gasteiger charge is 2.33. The van der Waals surface area contributed by atoms with Crippen molar-refractivity contribution in [1.29, 1.82) is 0 Å². The molecule has 0 spiro atoms. The average Bonchev–Trinajstić information content (AvgIpc) is 2.77. The molecule has 1 aliphatic rings. The Morgan fingerprint density at radius 1 is 1.43 bits per heavy atom. The van der Waals surface area contributed by atoms with Crippen molar-refractivity contribution in [3.05, 3.63) is 23.8 Å². The number of nitrogens with zero attached hydrogens (tertiary/aromatic N) is 1. The van der Waals surface area contributed by atoms with Crippen LogP contribution >= 0.6 is 0 Å². The normalized spacial score (nSPS) is 18.3. The maximum atomic E-state index is 12.1. The number of carbonyl (C=O) groups excluding carboxylic acids is 2. The van der Waals surface area contributed by atoms with Crippen LogP contribution in [0.3, 0.4) is 0 Å². The lowest BCUT2D eigenvalue weighted by atomic mass is 10.1. The summed E-state index contributed by atoms with van der Waals surface area (Å²) in [7, 11) is -3.64. The molecule has 126 valence electrons. The van der Waals surface area contributed by atoms with Crippen LogP contribution in [0.15, 0.2) is 18.2 Å². The van der Waals surface area contributed by atoms with Crippen molar-refractivity contribution >= 4 is 33.3 Å². The lowest BCUT2D eigenvalue weighted by Gasteiger charge is -2.19. The smallest absolute Gasteiger partial charge is 0.338 e. The molecule has 8 nitrogen and oxygen atoms in total. The topological polar surface area (TPSA) is 133 Å². The highest BCUT2D eigenvalue weighted by molar-refractivity contribution is 7.89. The number of hydrogen-bond acceptors (Lipinski definition) is 6. The zero-order valence-electron chi connectivity index (χ0n) is 12.7. The van der Waals surface area contributed by atoms with E-state index in [1.807, 2.05) is 0 Å². The number of esters is 1. The second kappa shape index (κ2) is 6.55. The van der Waals surface area contributed by atoms with Crippen molar-refractivity contribution < 1.29 is 22.7 Å². The standard InChI is InChI=1S/C14H19N3O5S/c1-2-22-14(19)10-3-4-12(11(15)6-10)17-7-9(5-13(17)18)8-23(16,20)21/h3-4,6,9H,2,5,7-8,15H2,1H3,(H2,16,20,21). The summed E-state index contributed by atoms with van der Waals surface area (Å²) in [4.78, 5) is 25.2. The molecule has 1 aromatic carbocycles. The summed E-state index contributed by atoms with van der Waals surface area (Å²) < 4.78 is 27.2. The summed E-state index contributed by atoms with van der Waals surface area (Å²) in [5.74, 6) is -1.35. The third kappa shape index (κ3) is 4.20. The first-order chi connectivity index (χ1) is 10.7. The van der Waals surface area contributed by atoms with E-state index in [2.05, 4.69) is 0 Å². The van der Waals surface area contributed by atoms with Gasteiger partial charge in [-0.25, -0.2) is 18.4 Å². The van der Waals surface area contributed by atoms with Crippen molar-refractivity contribution in [2.24, 2.45) is 11.1 Å². The van der Waals surface area contributed by atoms with E-state index >= 15 is 0 Å². The van der Waals surface area contributed by atoms with Gasteiger partial charge in [0.1, 0.15) is 0 Å². The van der Waals surface area contributed by atoms with Gasteiger partial charge in [-0.3, -0.25) is 4.79 Å². The van der Waals surface area contributed by atoms with Crippen LogP contribution in [0.25, 0.3) is 0 Å². The molecule has 1 atom stereocenters. The van der Waals surface area contributed by atoms with Gasteiger partial charge in [0.15, 0.2) is 0 Å². The van der Waals surface area contributed by atoms with Crippen molar-refractivity contribution in [2.45, 2.75) is 13.3 Å². The Morgan fingerprint density at radius 2 is 2.13 bits per heavy atom. The third-order valence-electron chi connectivity index (χ3n) is 3.50. The van der Waals surface area contributed by atoms with Gasteiger partial charge in [0.05, 0.1) is 29.3 Å². The molecule has 1 unspecified atom stereocenters. The Labute approximate surface area is 134 Å². The molecule has 0 bridgehead atoms. The molecule has 0 saturated carbocycles. The second-order valence-corrected chi connectivity index (χ2v) is 7.06. The number of amides is 1. The maximum Gasteiger partial charge on any atom is 0.338 e. The molecule has 9 heteroatoms. The minimum absolute atomic E-state index is 0.0928. The molecule has 1 fully saturated rings. The van der Waals surface area contributed by atoms with Crippen molar-refractivity contribution in [2.75, 3.05) is 29.5 Å². The van der Waals surface area contributed by atoms with Gasteiger partial charge in [-0.2, -0.15) is 0 Å². The molecule has 1 saturated heterocycles. The summed E-state index contributed by atoms with van der Waals surface area (Å²) in [5, 5.41) is 5.02. The third-order valence-corrected chi connectivity index (χ3v) is 4.44. The molecule has 0 aromatic heterocycles. The lowest BCUT2D eigenvalue weighted by Crippen LogP contribution is -2.28. The Kier molecular flexibility index (Phi) is 4.90. The van der Waals surface area contributed by atoms with Crippen LogP contribution in [0.5, 0.6) is 0 Å². The van der Waals surface area contributed by atoms with Gasteiger partial charge in [-0.1, -0.05) is 0 Å². The van der Waals surface area contributed by atoms with Crippen molar-refractivity contribution in [3.8, 4) is 0 Å². The SMILES string of the molecule is CCOC(=O)c1ccc(N2CC(CS(N)(=O)=O)CC2=O)c(N)c1. The monoisotopic (exact) mass is 341 g/mol. The fraction of sp³-hybridized carbons (Fsp3) is 0.429. The Bertz CT molecular complexity index is 732. The number of primary sulfonamides is 1. The highest BCUT2D eigenvalue weighted by Crippen LogP contribution is 2.31. The molecule has 0 radical (unpaired) electrons. The van der Waals surface area contributed by atoms with Crippen molar-refractivity contribution in [3.63, 3.8) is 0 Å². The van der Waals surface area contributed by atoms with Crippen LogP contribution in [0, 0.1) is 5.92 Å². The molecular formula is C14H19N3O5S. The second-order valence-electron chi connectivity index (χ2n) is 5.40. The predicted molar refractivity (Wildman–Crippen MR) is 85.2 cm³/mol. The first-order valence-corrected chi connectivity index (χ1v) is 8.80. The fourth-order valence-corrected chi connectivity index (χ4v) is 3.48. The van der Waals surface area contributed by atoms with E-state index in [0.29, 0.717) is 11.3 Å². The minimum Gasteiger partial charge on any atom is -0.462 e. The number of anilines is 2. The first-order valence-electron chi connectivity index (χ1n) is 7.08. The number of sulfonamides is 1. The van der Waals surface area contributed by atoms with Crippen LogP contribution < -0.4 is 15.8 Å². The van der Waals surface area contributed by atoms with Gasteiger partial charge in [0.2, 0.25) is 15.9 Å². The number of rotatable bonds is 5. The molecule has 1 amide bonds. The molecule has 23 heavy (non-hydrogen) atoms. The summed E-state index contributed by atoms with van der Waals surface area (Å²) in [6.45, 7) is 2.17. The number of hydrogen-bond donors (Lipinski definition) is 2. The zero-order chi connectivity index (χ0) is 17.2. The molecule has 0 aliphatic carbocycles. The van der Waals surface area contributed by atoms with Crippen LogP contribution in [-0.2, 0) is 19.6 Å². The maximum absolute atomic E-state index is 12.1. The van der Waals surface area contributed by atoms with E-state index in [1.165, 1.54) is 17.0 Å². The van der Waals surface area contributed by atoms with Gasteiger partial charge in [-0.05, 0) is 25.1 Å². The van der Waals surface area contributed by atoms with Gasteiger partial charge < -0.3 is 15.4 Å². The molecule has 2 rings (SSSR count). The van der Waals surface area contributed by atoms with E-state index in [4.69, 9.17) is 15.6 Å². The summed E-state index contributed by atoms with van der Waals surface area (Å²) in [5.41, 5.74) is 6.91. The molecular weight excluding hydrogens is 322 g/mol. The minimum atomic E-state index is -3.64. The van der Waals surface area contributed by atoms with Gasteiger partial charge in [-0.15, -0.1) is 0 Å². The summed E-state index contributed by atoms with van der Waals surface area (Å²) >= 11 is 0. The van der Waals surface area contributed by atoms with Gasteiger partial charge in [0.25, 0.3) is 0 Å². The first kappa shape index (κ1) is 17.2. The van der Waals surface area contributed by atoms with E-state index in [-0.39, 0.29) is 42.8 Å². The summed E-state index contributed by atoms with van der Waals surface area (Å²) in [6.07, 6.45) is 0.0928. The van der Waals surface area contributed by atoms with Crippen LogP contribution in [0.1, 0.15) is 23.7 Å². The number of carbonyl (C=O) groups is 2. The zero-order valence-corrected chi connectivity index (χ0v) is 13.5. The van der Waals surface area contributed by atoms with Crippen LogP contribution in [0.2, 0.25) is 0 Å². The van der Waals surface area contributed by atoms with Gasteiger partial charge >= 0.3 is 5.97 Å². The predicted octanol–water partition coefficient (Wildman–Crippen LogP) is 0.0869. The number of nitrogens with two attached hydrogens (primary N) is 2. The number of benzene rings is 1. The molecule has 1 aliphatic heterocycles. The molecule has 1 heterocycles. The lowest BCUT2D eigenvalue weighted by molar-refractivity contribution is -0.117. The quantitative estimate of drug-likeness (QED) is 0.576. The van der Waals surface area contributed by atoms with E-state index in [1.54, 1.807) is 13.0 Å².